The number of rotatable bonds is 5. The Bertz CT molecular complexity index is 714. The van der Waals surface area contributed by atoms with E-state index in [1.807, 2.05) is 0 Å². The third-order valence-corrected chi connectivity index (χ3v) is 10.2. The van der Waals surface area contributed by atoms with Gasteiger partial charge in [-0.25, -0.2) is 0 Å². The summed E-state index contributed by atoms with van der Waals surface area (Å²) in [4.78, 5) is 23.1. The first kappa shape index (κ1) is 22.0. The molecular weight excluding hydrogens is 376 g/mol. The zero-order valence-corrected chi connectivity index (χ0v) is 19.2. The molecule has 0 aromatic heterocycles. The Kier molecular flexibility index (Phi) is 5.93. The van der Waals surface area contributed by atoms with Gasteiger partial charge in [0.25, 0.3) is 0 Å². The maximum absolute atomic E-state index is 11.7. The molecule has 168 valence electrons. The van der Waals surface area contributed by atoms with Crippen LogP contribution < -0.4 is 0 Å². The molecule has 4 aliphatic rings. The summed E-state index contributed by atoms with van der Waals surface area (Å²) >= 11 is 0. The van der Waals surface area contributed by atoms with E-state index in [-0.39, 0.29) is 22.7 Å². The molecule has 0 aromatic rings. The highest BCUT2D eigenvalue weighted by atomic mass is 16.5. The van der Waals surface area contributed by atoms with Crippen molar-refractivity contribution in [3.63, 3.8) is 0 Å². The van der Waals surface area contributed by atoms with Crippen molar-refractivity contribution in [2.75, 3.05) is 7.11 Å². The Hall–Kier alpha value is -1.16. The smallest absolute Gasteiger partial charge is 0.305 e. The molecule has 4 rings (SSSR count). The molecule has 1 N–H and O–H groups in total. The van der Waals surface area contributed by atoms with Gasteiger partial charge in [-0.1, -0.05) is 32.4 Å². The second-order valence-electron chi connectivity index (χ2n) is 11.3. The van der Waals surface area contributed by atoms with Gasteiger partial charge in [-0.2, -0.15) is 0 Å². The Labute approximate surface area is 181 Å². The number of hydrogen-bond acceptors (Lipinski definition) is 4. The van der Waals surface area contributed by atoms with Gasteiger partial charge >= 0.3 is 5.97 Å². The molecule has 4 nitrogen and oxygen atoms in total. The summed E-state index contributed by atoms with van der Waals surface area (Å²) in [5, 5.41) is 11.5. The molecule has 0 unspecified atom stereocenters. The molecule has 3 saturated carbocycles. The molecule has 0 bridgehead atoms. The van der Waals surface area contributed by atoms with Crippen LogP contribution in [0.15, 0.2) is 11.6 Å². The average molecular weight is 417 g/mol. The van der Waals surface area contributed by atoms with Crippen LogP contribution in [-0.2, 0) is 14.3 Å². The minimum atomic E-state index is -0.416. The number of aliphatic hydroxyl groups excluding tert-OH is 1. The molecule has 9 atom stereocenters. The number of methoxy groups -OCH3 is 1. The Balaban J connectivity index is 1.58. The average Bonchev–Trinajstić information content (AvgIpc) is 3.10. The number of aldehydes is 1. The predicted octanol–water partition coefficient (Wildman–Crippen LogP) is 4.94. The van der Waals surface area contributed by atoms with Gasteiger partial charge in [0.05, 0.1) is 13.2 Å². The summed E-state index contributed by atoms with van der Waals surface area (Å²) < 4.78 is 4.84. The zero-order valence-electron chi connectivity index (χ0n) is 19.2. The van der Waals surface area contributed by atoms with E-state index in [0.29, 0.717) is 36.0 Å². The largest absolute Gasteiger partial charge is 0.469 e. The predicted molar refractivity (Wildman–Crippen MR) is 117 cm³/mol. The number of aliphatic hydroxyl groups is 1. The van der Waals surface area contributed by atoms with E-state index in [1.165, 1.54) is 38.2 Å². The summed E-state index contributed by atoms with van der Waals surface area (Å²) in [7, 11) is 1.45. The summed E-state index contributed by atoms with van der Waals surface area (Å²) in [5.74, 6) is 2.62. The maximum atomic E-state index is 11.7. The van der Waals surface area contributed by atoms with Crippen molar-refractivity contribution in [1.82, 2.24) is 0 Å². The number of carbonyl (C=O) groups is 2. The van der Waals surface area contributed by atoms with Crippen molar-refractivity contribution < 1.29 is 19.4 Å². The highest BCUT2D eigenvalue weighted by molar-refractivity contribution is 5.69. The number of esters is 1. The fourth-order valence-corrected chi connectivity index (χ4v) is 8.29. The quantitative estimate of drug-likeness (QED) is 0.392. The standard InChI is InChI=1S/C26H40O4/c1-16(5-10-24(29)30-4)20-8-9-21-19-7-6-18-13-17(15-27)11-12-25(18,2)22(19)14-23(28)26(20,21)3/h14-21,23,28H,5-13H2,1-4H3/t16-,17-,18-,19+,20-,21+,23-,25+,26-/m1/s1. The second-order valence-corrected chi connectivity index (χ2v) is 11.3. The van der Waals surface area contributed by atoms with E-state index in [0.717, 1.165) is 32.1 Å². The zero-order chi connectivity index (χ0) is 21.7. The summed E-state index contributed by atoms with van der Waals surface area (Å²) in [5.41, 5.74) is 1.56. The first-order valence-corrected chi connectivity index (χ1v) is 12.2. The topological polar surface area (TPSA) is 63.6 Å². The van der Waals surface area contributed by atoms with Gasteiger partial charge in [-0.3, -0.25) is 4.79 Å². The van der Waals surface area contributed by atoms with Crippen molar-refractivity contribution in [1.29, 1.82) is 0 Å². The number of fused-ring (bicyclic) bond motifs is 5. The van der Waals surface area contributed by atoms with Gasteiger partial charge in [0.1, 0.15) is 6.29 Å². The van der Waals surface area contributed by atoms with Gasteiger partial charge in [-0.15, -0.1) is 0 Å². The number of hydrogen-bond donors (Lipinski definition) is 1. The number of carbonyl (C=O) groups excluding carboxylic acids is 2. The normalized spacial score (nSPS) is 46.1. The minimum absolute atomic E-state index is 0.104. The Morgan fingerprint density at radius 1 is 1.27 bits per heavy atom. The van der Waals surface area contributed by atoms with Crippen LogP contribution in [0.5, 0.6) is 0 Å². The summed E-state index contributed by atoms with van der Waals surface area (Å²) in [6, 6.07) is 0. The Morgan fingerprint density at radius 2 is 2.03 bits per heavy atom. The lowest BCUT2D eigenvalue weighted by Crippen LogP contribution is -2.53. The molecule has 0 spiro atoms. The second kappa shape index (κ2) is 8.07. The van der Waals surface area contributed by atoms with E-state index in [4.69, 9.17) is 4.74 Å². The highest BCUT2D eigenvalue weighted by Crippen LogP contribution is 2.66. The van der Waals surface area contributed by atoms with Crippen LogP contribution in [0, 0.1) is 46.3 Å². The van der Waals surface area contributed by atoms with Crippen molar-refractivity contribution in [3.8, 4) is 0 Å². The van der Waals surface area contributed by atoms with Gasteiger partial charge < -0.3 is 14.6 Å². The first-order valence-electron chi connectivity index (χ1n) is 12.2. The summed E-state index contributed by atoms with van der Waals surface area (Å²) in [6.45, 7) is 6.99. The van der Waals surface area contributed by atoms with Gasteiger partial charge in [0, 0.05) is 17.8 Å². The van der Waals surface area contributed by atoms with Gasteiger partial charge in [-0.05, 0) is 86.4 Å². The molecule has 0 heterocycles. The number of ether oxygens (including phenoxy) is 1. The molecule has 3 fully saturated rings. The molecular formula is C26H40O4. The lowest BCUT2D eigenvalue weighted by atomic mass is 9.47. The van der Waals surface area contributed by atoms with E-state index in [9.17, 15) is 14.7 Å². The van der Waals surface area contributed by atoms with Crippen LogP contribution in [0.4, 0.5) is 0 Å². The molecule has 0 aromatic carbocycles. The van der Waals surface area contributed by atoms with Gasteiger partial charge in [0.15, 0.2) is 0 Å². The fraction of sp³-hybridized carbons (Fsp3) is 0.846. The molecule has 4 aliphatic carbocycles. The van der Waals surface area contributed by atoms with Gasteiger partial charge in [0.2, 0.25) is 0 Å². The molecule has 0 saturated heterocycles. The van der Waals surface area contributed by atoms with E-state index >= 15 is 0 Å². The maximum Gasteiger partial charge on any atom is 0.305 e. The SMILES string of the molecule is COC(=O)CC[C@@H](C)[C@H]1CC[C@H]2[C@@H]3CC[C@@H]4C[C@H](C=O)CC[C@]4(C)C3=C[C@@H](O)[C@]12C. The van der Waals surface area contributed by atoms with Crippen LogP contribution in [0.1, 0.15) is 78.6 Å². The van der Waals surface area contributed by atoms with Crippen LogP contribution in [-0.4, -0.2) is 30.6 Å². The van der Waals surface area contributed by atoms with E-state index in [2.05, 4.69) is 26.8 Å². The van der Waals surface area contributed by atoms with E-state index in [1.54, 1.807) is 0 Å². The summed E-state index contributed by atoms with van der Waals surface area (Å²) in [6.07, 6.45) is 12.1. The highest BCUT2D eigenvalue weighted by Gasteiger charge is 2.60. The third kappa shape index (κ3) is 3.29. The van der Waals surface area contributed by atoms with Crippen molar-refractivity contribution in [2.45, 2.75) is 84.7 Å². The van der Waals surface area contributed by atoms with Crippen molar-refractivity contribution in [3.05, 3.63) is 11.6 Å². The molecule has 4 heteroatoms. The first-order chi connectivity index (χ1) is 14.3. The van der Waals surface area contributed by atoms with E-state index < -0.39 is 6.10 Å². The van der Waals surface area contributed by atoms with Crippen LogP contribution >= 0.6 is 0 Å². The lowest BCUT2D eigenvalue weighted by Gasteiger charge is -2.58. The van der Waals surface area contributed by atoms with Crippen molar-refractivity contribution in [2.24, 2.45) is 46.3 Å². The van der Waals surface area contributed by atoms with Crippen LogP contribution in [0.25, 0.3) is 0 Å². The molecule has 0 aliphatic heterocycles. The van der Waals surface area contributed by atoms with Crippen LogP contribution in [0.2, 0.25) is 0 Å². The lowest BCUT2D eigenvalue weighted by molar-refractivity contribution is -0.141. The van der Waals surface area contributed by atoms with Crippen LogP contribution in [0.3, 0.4) is 0 Å². The minimum Gasteiger partial charge on any atom is -0.469 e. The molecule has 30 heavy (non-hydrogen) atoms. The van der Waals surface area contributed by atoms with Crippen molar-refractivity contribution >= 4 is 12.3 Å². The number of allylic oxidation sites excluding steroid dienone is 1. The monoisotopic (exact) mass is 416 g/mol. The Morgan fingerprint density at radius 3 is 2.73 bits per heavy atom. The molecule has 0 amide bonds. The third-order valence-electron chi connectivity index (χ3n) is 10.2. The molecule has 0 radical (unpaired) electrons. The fourth-order valence-electron chi connectivity index (χ4n) is 8.29.